The van der Waals surface area contributed by atoms with Gasteiger partial charge in [-0.1, -0.05) is 6.07 Å². The highest BCUT2D eigenvalue weighted by molar-refractivity contribution is 9.10. The van der Waals surface area contributed by atoms with Crippen LogP contribution in [0, 0.1) is 5.82 Å². The number of aliphatic imine (C=N–C) groups is 1. The standard InChI is InChI=1S/C12H15BrFN3/c1-17(9-3-4-9)12(15)16-7-8-2-5-10(13)11(14)6-8/h2,5-6,9H,3-4,7H2,1H3,(H2,15,16). The van der Waals surface area contributed by atoms with Gasteiger partial charge in [-0.2, -0.15) is 0 Å². The average molecular weight is 300 g/mol. The third-order valence-electron chi connectivity index (χ3n) is 2.86. The van der Waals surface area contributed by atoms with E-state index in [1.807, 2.05) is 18.0 Å². The maximum atomic E-state index is 13.3. The van der Waals surface area contributed by atoms with Crippen molar-refractivity contribution in [2.45, 2.75) is 25.4 Å². The van der Waals surface area contributed by atoms with Gasteiger partial charge in [-0.05, 0) is 46.5 Å². The first-order valence-corrected chi connectivity index (χ1v) is 6.34. The lowest BCUT2D eigenvalue weighted by atomic mass is 10.2. The number of benzene rings is 1. The maximum Gasteiger partial charge on any atom is 0.191 e. The van der Waals surface area contributed by atoms with Crippen LogP contribution in [0.5, 0.6) is 0 Å². The molecule has 1 fully saturated rings. The Hall–Kier alpha value is -1.10. The lowest BCUT2D eigenvalue weighted by Crippen LogP contribution is -2.35. The van der Waals surface area contributed by atoms with Crippen molar-refractivity contribution in [3.63, 3.8) is 0 Å². The minimum Gasteiger partial charge on any atom is -0.370 e. The summed E-state index contributed by atoms with van der Waals surface area (Å²) in [7, 11) is 1.94. The molecule has 0 amide bonds. The fraction of sp³-hybridized carbons (Fsp3) is 0.417. The van der Waals surface area contributed by atoms with Crippen LogP contribution >= 0.6 is 15.9 Å². The molecule has 0 unspecified atom stereocenters. The Bertz CT molecular complexity index is 443. The molecule has 1 aliphatic carbocycles. The quantitative estimate of drug-likeness (QED) is 0.688. The molecule has 0 spiro atoms. The predicted octanol–water partition coefficient (Wildman–Crippen LogP) is 2.50. The second kappa shape index (κ2) is 5.04. The highest BCUT2D eigenvalue weighted by atomic mass is 79.9. The number of guanidine groups is 1. The van der Waals surface area contributed by atoms with Crippen LogP contribution in [-0.2, 0) is 6.54 Å². The van der Waals surface area contributed by atoms with Gasteiger partial charge >= 0.3 is 0 Å². The first kappa shape index (κ1) is 12.4. The van der Waals surface area contributed by atoms with Gasteiger partial charge in [0.1, 0.15) is 5.82 Å². The summed E-state index contributed by atoms with van der Waals surface area (Å²) >= 11 is 3.12. The van der Waals surface area contributed by atoms with Crippen LogP contribution in [0.4, 0.5) is 4.39 Å². The number of nitrogens with two attached hydrogens (primary N) is 1. The molecule has 5 heteroatoms. The summed E-state index contributed by atoms with van der Waals surface area (Å²) in [5.41, 5.74) is 6.66. The van der Waals surface area contributed by atoms with Crippen molar-refractivity contribution in [1.82, 2.24) is 4.90 Å². The number of rotatable bonds is 3. The maximum absolute atomic E-state index is 13.3. The van der Waals surface area contributed by atoms with Crippen LogP contribution in [0.1, 0.15) is 18.4 Å². The first-order chi connectivity index (χ1) is 8.08. The minimum absolute atomic E-state index is 0.271. The molecule has 1 saturated carbocycles. The third-order valence-corrected chi connectivity index (χ3v) is 3.51. The zero-order valence-electron chi connectivity index (χ0n) is 9.66. The molecule has 2 N–H and O–H groups in total. The number of hydrogen-bond donors (Lipinski definition) is 1. The Morgan fingerprint density at radius 3 is 2.88 bits per heavy atom. The van der Waals surface area contributed by atoms with Crippen molar-refractivity contribution in [2.75, 3.05) is 7.05 Å². The van der Waals surface area contributed by atoms with Crippen molar-refractivity contribution < 1.29 is 4.39 Å². The second-order valence-electron chi connectivity index (χ2n) is 4.26. The monoisotopic (exact) mass is 299 g/mol. The van der Waals surface area contributed by atoms with Crippen LogP contribution in [-0.4, -0.2) is 23.9 Å². The summed E-state index contributed by atoms with van der Waals surface area (Å²) in [5.74, 6) is 0.252. The van der Waals surface area contributed by atoms with Crippen molar-refractivity contribution in [2.24, 2.45) is 10.7 Å². The molecule has 0 aromatic heterocycles. The summed E-state index contributed by atoms with van der Waals surface area (Å²) in [5, 5.41) is 0. The van der Waals surface area contributed by atoms with Crippen LogP contribution < -0.4 is 5.73 Å². The van der Waals surface area contributed by atoms with E-state index in [9.17, 15) is 4.39 Å². The van der Waals surface area contributed by atoms with Gasteiger partial charge in [0.05, 0.1) is 11.0 Å². The summed E-state index contributed by atoms with van der Waals surface area (Å²) < 4.78 is 13.7. The summed E-state index contributed by atoms with van der Waals surface area (Å²) in [4.78, 5) is 6.25. The molecule has 0 bridgehead atoms. The molecule has 0 atom stereocenters. The second-order valence-corrected chi connectivity index (χ2v) is 5.12. The fourth-order valence-electron chi connectivity index (χ4n) is 1.57. The molecule has 92 valence electrons. The Morgan fingerprint density at radius 1 is 1.59 bits per heavy atom. The summed E-state index contributed by atoms with van der Waals surface area (Å²) in [6, 6.07) is 5.53. The topological polar surface area (TPSA) is 41.6 Å². The average Bonchev–Trinajstić information content (AvgIpc) is 3.13. The van der Waals surface area contributed by atoms with Gasteiger partial charge in [0.2, 0.25) is 0 Å². The van der Waals surface area contributed by atoms with E-state index in [4.69, 9.17) is 5.73 Å². The van der Waals surface area contributed by atoms with E-state index in [-0.39, 0.29) is 5.82 Å². The Balaban J connectivity index is 2.00. The smallest absolute Gasteiger partial charge is 0.191 e. The zero-order valence-corrected chi connectivity index (χ0v) is 11.2. The molecule has 1 aromatic rings. The van der Waals surface area contributed by atoms with E-state index in [1.165, 1.54) is 18.9 Å². The van der Waals surface area contributed by atoms with Crippen LogP contribution in [0.15, 0.2) is 27.7 Å². The lowest BCUT2D eigenvalue weighted by Gasteiger charge is -2.16. The van der Waals surface area contributed by atoms with Gasteiger partial charge in [-0.3, -0.25) is 0 Å². The molecular weight excluding hydrogens is 285 g/mol. The fourth-order valence-corrected chi connectivity index (χ4v) is 1.82. The SMILES string of the molecule is CN(C(N)=NCc1ccc(Br)c(F)c1)C1CC1. The van der Waals surface area contributed by atoms with E-state index < -0.39 is 0 Å². The largest absolute Gasteiger partial charge is 0.370 e. The molecule has 17 heavy (non-hydrogen) atoms. The van der Waals surface area contributed by atoms with Crippen molar-refractivity contribution in [3.8, 4) is 0 Å². The van der Waals surface area contributed by atoms with Crippen molar-refractivity contribution in [1.29, 1.82) is 0 Å². The summed E-state index contributed by atoms with van der Waals surface area (Å²) in [6.07, 6.45) is 2.36. The molecule has 0 heterocycles. The van der Waals surface area contributed by atoms with Gasteiger partial charge in [0.15, 0.2) is 5.96 Å². The molecule has 1 aliphatic rings. The molecule has 0 radical (unpaired) electrons. The molecule has 0 aliphatic heterocycles. The molecular formula is C12H15BrFN3. The normalized spacial score (nSPS) is 16.1. The van der Waals surface area contributed by atoms with E-state index in [1.54, 1.807) is 6.07 Å². The van der Waals surface area contributed by atoms with Gasteiger partial charge in [-0.25, -0.2) is 9.38 Å². The Morgan fingerprint density at radius 2 is 2.29 bits per heavy atom. The molecule has 3 nitrogen and oxygen atoms in total. The van der Waals surface area contributed by atoms with Gasteiger partial charge < -0.3 is 10.6 Å². The van der Waals surface area contributed by atoms with Crippen LogP contribution in [0.25, 0.3) is 0 Å². The van der Waals surface area contributed by atoms with Crippen molar-refractivity contribution in [3.05, 3.63) is 34.1 Å². The van der Waals surface area contributed by atoms with Gasteiger partial charge in [0, 0.05) is 13.1 Å². The molecule has 0 saturated heterocycles. The first-order valence-electron chi connectivity index (χ1n) is 5.54. The minimum atomic E-state index is -0.271. The number of hydrogen-bond acceptors (Lipinski definition) is 1. The van der Waals surface area contributed by atoms with E-state index in [2.05, 4.69) is 20.9 Å². The zero-order chi connectivity index (χ0) is 12.4. The summed E-state index contributed by atoms with van der Waals surface area (Å²) in [6.45, 7) is 0.410. The van der Waals surface area contributed by atoms with Crippen LogP contribution in [0.2, 0.25) is 0 Å². The highest BCUT2D eigenvalue weighted by Crippen LogP contribution is 2.25. The van der Waals surface area contributed by atoms with E-state index in [0.717, 1.165) is 5.56 Å². The third kappa shape index (κ3) is 3.19. The Labute approximate surface area is 109 Å². The van der Waals surface area contributed by atoms with Gasteiger partial charge in [-0.15, -0.1) is 0 Å². The Kier molecular flexibility index (Phi) is 3.66. The van der Waals surface area contributed by atoms with Crippen molar-refractivity contribution >= 4 is 21.9 Å². The lowest BCUT2D eigenvalue weighted by molar-refractivity contribution is 0.487. The van der Waals surface area contributed by atoms with E-state index in [0.29, 0.717) is 23.0 Å². The predicted molar refractivity (Wildman–Crippen MR) is 70.2 cm³/mol. The molecule has 2 rings (SSSR count). The number of halogens is 2. The highest BCUT2D eigenvalue weighted by Gasteiger charge is 2.27. The molecule has 1 aromatic carbocycles. The van der Waals surface area contributed by atoms with Crippen LogP contribution in [0.3, 0.4) is 0 Å². The number of nitrogens with zero attached hydrogens (tertiary/aromatic N) is 2. The van der Waals surface area contributed by atoms with E-state index >= 15 is 0 Å². The van der Waals surface area contributed by atoms with Gasteiger partial charge in [0.25, 0.3) is 0 Å².